The molecule has 0 spiro atoms. The minimum absolute atomic E-state index is 0.0287. The summed E-state index contributed by atoms with van der Waals surface area (Å²) < 4.78 is 12.8. The van der Waals surface area contributed by atoms with Crippen LogP contribution in [0, 0.1) is 0 Å². The summed E-state index contributed by atoms with van der Waals surface area (Å²) in [6.07, 6.45) is 2.91. The molecule has 1 saturated heterocycles. The molecule has 2 aromatic heterocycles. The molecule has 0 aliphatic carbocycles. The average Bonchev–Trinajstić information content (AvgIpc) is 3.49. The minimum atomic E-state index is -0.172. The molecule has 0 saturated carbocycles. The minimum Gasteiger partial charge on any atom is -0.451 e. The molecule has 1 aliphatic heterocycles. The number of aromatic nitrogens is 1. The lowest BCUT2D eigenvalue weighted by molar-refractivity contribution is 0.0896. The van der Waals surface area contributed by atoms with Crippen LogP contribution in [0.15, 0.2) is 52.9 Å². The number of hydrogen-bond donors (Lipinski definition) is 0. The molecule has 2 aromatic carbocycles. The first-order valence-electron chi connectivity index (χ1n) is 10.0. The van der Waals surface area contributed by atoms with Crippen molar-refractivity contribution in [1.82, 2.24) is 4.98 Å². The number of carbonyl (C=O) groups excluding carboxylic acids is 1. The van der Waals surface area contributed by atoms with E-state index in [1.807, 2.05) is 30.3 Å². The van der Waals surface area contributed by atoms with Gasteiger partial charge in [-0.1, -0.05) is 48.6 Å². The zero-order valence-corrected chi connectivity index (χ0v) is 17.1. The van der Waals surface area contributed by atoms with Gasteiger partial charge in [-0.3, -0.25) is 9.69 Å². The van der Waals surface area contributed by atoms with Crippen LogP contribution < -0.4 is 4.90 Å². The number of anilines is 1. The highest BCUT2D eigenvalue weighted by atomic mass is 32.1. The van der Waals surface area contributed by atoms with Gasteiger partial charge in [0.2, 0.25) is 0 Å². The number of nitrogens with zero attached hydrogens (tertiary/aromatic N) is 2. The largest absolute Gasteiger partial charge is 0.451 e. The number of thiazole rings is 1. The second-order valence-electron chi connectivity index (χ2n) is 7.31. The van der Waals surface area contributed by atoms with Crippen molar-refractivity contribution in [2.45, 2.75) is 32.3 Å². The lowest BCUT2D eigenvalue weighted by Crippen LogP contribution is -2.37. The molecule has 0 N–H and O–H groups in total. The molecule has 0 unspecified atom stereocenters. The molecule has 148 valence electrons. The summed E-state index contributed by atoms with van der Waals surface area (Å²) in [5.41, 5.74) is 2.88. The number of benzene rings is 2. The third-order valence-corrected chi connectivity index (χ3v) is 6.44. The lowest BCUT2D eigenvalue weighted by atomic mass is 10.1. The smallest absolute Gasteiger partial charge is 0.295 e. The van der Waals surface area contributed by atoms with Crippen molar-refractivity contribution in [3.05, 3.63) is 59.9 Å². The topological polar surface area (TPSA) is 55.6 Å². The highest BCUT2D eigenvalue weighted by Gasteiger charge is 2.29. The number of rotatable bonds is 5. The number of fused-ring (bicyclic) bond motifs is 2. The normalized spacial score (nSPS) is 16.7. The predicted molar refractivity (Wildman–Crippen MR) is 116 cm³/mol. The van der Waals surface area contributed by atoms with Gasteiger partial charge in [0, 0.05) is 12.0 Å². The van der Waals surface area contributed by atoms with E-state index in [2.05, 4.69) is 25.1 Å². The first kappa shape index (κ1) is 18.3. The van der Waals surface area contributed by atoms with Gasteiger partial charge in [-0.15, -0.1) is 0 Å². The second kappa shape index (κ2) is 7.61. The Balaban J connectivity index is 1.56. The number of para-hydroxylation sites is 2. The molecule has 5 rings (SSSR count). The van der Waals surface area contributed by atoms with Crippen molar-refractivity contribution in [2.75, 3.05) is 18.1 Å². The second-order valence-corrected chi connectivity index (χ2v) is 8.32. The summed E-state index contributed by atoms with van der Waals surface area (Å²) in [6, 6.07) is 15.7. The summed E-state index contributed by atoms with van der Waals surface area (Å²) in [5, 5.41) is 1.62. The molecule has 29 heavy (non-hydrogen) atoms. The molecule has 6 heteroatoms. The molecular formula is C23H22N2O3S. The third-order valence-electron chi connectivity index (χ3n) is 5.39. The molecule has 0 radical (unpaired) electrons. The number of amides is 1. The highest BCUT2D eigenvalue weighted by Crippen LogP contribution is 2.33. The molecule has 5 nitrogen and oxygen atoms in total. The van der Waals surface area contributed by atoms with Gasteiger partial charge in [0.25, 0.3) is 5.91 Å². The van der Waals surface area contributed by atoms with E-state index in [-0.39, 0.29) is 12.0 Å². The summed E-state index contributed by atoms with van der Waals surface area (Å²) in [6.45, 7) is 3.35. The van der Waals surface area contributed by atoms with Crippen LogP contribution in [0.2, 0.25) is 0 Å². The fourth-order valence-corrected chi connectivity index (χ4v) is 4.88. The first-order valence-corrected chi connectivity index (χ1v) is 10.8. The summed E-state index contributed by atoms with van der Waals surface area (Å²) in [7, 11) is 0. The van der Waals surface area contributed by atoms with Gasteiger partial charge < -0.3 is 9.15 Å². The Bertz CT molecular complexity index is 1140. The summed E-state index contributed by atoms with van der Waals surface area (Å²) >= 11 is 1.54. The van der Waals surface area contributed by atoms with Crippen LogP contribution in [-0.4, -0.2) is 30.1 Å². The van der Waals surface area contributed by atoms with E-state index in [0.717, 1.165) is 41.5 Å². The van der Waals surface area contributed by atoms with E-state index in [9.17, 15) is 4.79 Å². The first-order chi connectivity index (χ1) is 14.2. The van der Waals surface area contributed by atoms with Gasteiger partial charge in [-0.25, -0.2) is 4.98 Å². The summed E-state index contributed by atoms with van der Waals surface area (Å²) in [4.78, 5) is 20.1. The predicted octanol–water partition coefficient (Wildman–Crippen LogP) is 5.43. The molecule has 1 amide bonds. The molecule has 1 aliphatic rings. The number of ether oxygens (including phenoxy) is 1. The van der Waals surface area contributed by atoms with E-state index < -0.39 is 0 Å². The van der Waals surface area contributed by atoms with Crippen LogP contribution in [0.4, 0.5) is 5.13 Å². The summed E-state index contributed by atoms with van der Waals surface area (Å²) in [5.74, 6) is 0.160. The van der Waals surface area contributed by atoms with Crippen LogP contribution in [0.1, 0.15) is 35.9 Å². The lowest BCUT2D eigenvalue weighted by Gasteiger charge is -2.22. The molecule has 3 heterocycles. The molecular weight excluding hydrogens is 384 g/mol. The Morgan fingerprint density at radius 3 is 2.93 bits per heavy atom. The standard InChI is InChI=1S/C23H22N2O3S/c1-2-15-8-5-11-20-21(15)24-23(29-20)25(14-17-9-6-12-27-17)22(26)19-13-16-7-3-4-10-18(16)28-19/h3-5,7-8,10-11,13,17H,2,6,9,12,14H2,1H3/t17-/m1/s1. The highest BCUT2D eigenvalue weighted by molar-refractivity contribution is 7.22. The van der Waals surface area contributed by atoms with Crippen molar-refractivity contribution in [2.24, 2.45) is 0 Å². The SMILES string of the molecule is CCc1cccc2sc(N(C[C@H]3CCCO3)C(=O)c3cc4ccccc4o3)nc12. The number of aryl methyl sites for hydroxylation is 1. The van der Waals surface area contributed by atoms with E-state index in [1.54, 1.807) is 16.2 Å². The molecule has 0 bridgehead atoms. The molecule has 4 aromatic rings. The number of hydrogen-bond acceptors (Lipinski definition) is 5. The zero-order chi connectivity index (χ0) is 19.8. The Morgan fingerprint density at radius 2 is 2.14 bits per heavy atom. The maximum Gasteiger partial charge on any atom is 0.295 e. The van der Waals surface area contributed by atoms with Crippen LogP contribution in [0.25, 0.3) is 21.2 Å². The van der Waals surface area contributed by atoms with Crippen molar-refractivity contribution in [3.8, 4) is 0 Å². The Labute approximate surface area is 172 Å². The monoisotopic (exact) mass is 406 g/mol. The fourth-order valence-electron chi connectivity index (χ4n) is 3.85. The van der Waals surface area contributed by atoms with E-state index in [0.29, 0.717) is 23.0 Å². The molecule has 1 fully saturated rings. The maximum absolute atomic E-state index is 13.5. The number of furan rings is 1. The van der Waals surface area contributed by atoms with Crippen molar-refractivity contribution in [3.63, 3.8) is 0 Å². The zero-order valence-electron chi connectivity index (χ0n) is 16.3. The van der Waals surface area contributed by atoms with Gasteiger partial charge in [0.05, 0.1) is 22.9 Å². The van der Waals surface area contributed by atoms with Gasteiger partial charge in [-0.2, -0.15) is 0 Å². The van der Waals surface area contributed by atoms with Crippen LogP contribution in [0.3, 0.4) is 0 Å². The van der Waals surface area contributed by atoms with E-state index in [4.69, 9.17) is 14.1 Å². The Kier molecular flexibility index (Phi) is 4.81. The van der Waals surface area contributed by atoms with Crippen molar-refractivity contribution >= 4 is 43.6 Å². The van der Waals surface area contributed by atoms with Gasteiger partial charge in [0.1, 0.15) is 5.58 Å². The molecule has 1 atom stereocenters. The van der Waals surface area contributed by atoms with E-state index in [1.165, 1.54) is 5.56 Å². The van der Waals surface area contributed by atoms with Crippen LogP contribution >= 0.6 is 11.3 Å². The quantitative estimate of drug-likeness (QED) is 0.443. The van der Waals surface area contributed by atoms with Gasteiger partial charge >= 0.3 is 0 Å². The maximum atomic E-state index is 13.5. The Morgan fingerprint density at radius 1 is 1.24 bits per heavy atom. The van der Waals surface area contributed by atoms with Crippen molar-refractivity contribution < 1.29 is 13.9 Å². The van der Waals surface area contributed by atoms with Crippen LogP contribution in [0.5, 0.6) is 0 Å². The van der Waals surface area contributed by atoms with E-state index >= 15 is 0 Å². The average molecular weight is 407 g/mol. The third kappa shape index (κ3) is 3.43. The van der Waals surface area contributed by atoms with Gasteiger partial charge in [0.15, 0.2) is 10.9 Å². The van der Waals surface area contributed by atoms with Crippen LogP contribution in [-0.2, 0) is 11.2 Å². The number of carbonyl (C=O) groups is 1. The Hall–Kier alpha value is -2.70. The fraction of sp³-hybridized carbons (Fsp3) is 0.304. The van der Waals surface area contributed by atoms with Gasteiger partial charge in [-0.05, 0) is 43.0 Å². The van der Waals surface area contributed by atoms with Crippen molar-refractivity contribution in [1.29, 1.82) is 0 Å².